The summed E-state index contributed by atoms with van der Waals surface area (Å²) < 4.78 is 103. The Morgan fingerprint density at radius 2 is 1.14 bits per heavy atom. The number of aliphatic hydroxyl groups is 20. The molecule has 9 aliphatic heterocycles. The first-order valence-electron chi connectivity index (χ1n) is 50.3. The molecule has 11 rings (SSSR count). The number of aromatic carboxylic acids is 1. The van der Waals surface area contributed by atoms with Crippen LogP contribution in [0.15, 0.2) is 24.4 Å². The molecule has 9 aliphatic rings. The number of esters is 2. The first-order valence-corrected chi connectivity index (χ1v) is 51.4. The van der Waals surface area contributed by atoms with Crippen molar-refractivity contribution < 1.29 is 207 Å². The molecule has 1 amide bonds. The minimum Gasteiger partial charge on any atom is -0.618 e. The molecule has 8 saturated heterocycles. The second kappa shape index (κ2) is 52.1. The van der Waals surface area contributed by atoms with Gasteiger partial charge in [-0.3, -0.25) is 4.79 Å². The van der Waals surface area contributed by atoms with Gasteiger partial charge in [-0.15, -0.1) is 0 Å². The zero-order valence-electron chi connectivity index (χ0n) is 84.3. The molecule has 11 heterocycles. The first-order chi connectivity index (χ1) is 68.3. The monoisotopic (exact) mass is 2150 g/mol. The Hall–Kier alpha value is -4.88. The first kappa shape index (κ1) is 121. The fraction of sp³-hybridized carbons (Fsp3) is 0.844. The molecule has 26 N–H and O–H groups in total. The Balaban J connectivity index is 0.829. The van der Waals surface area contributed by atoms with E-state index < -0.39 is 383 Å². The van der Waals surface area contributed by atoms with Crippen molar-refractivity contribution >= 4 is 64.3 Å². The maximum absolute atomic E-state index is 14.3. The van der Waals surface area contributed by atoms with Crippen molar-refractivity contribution in [2.45, 2.75) is 462 Å². The van der Waals surface area contributed by atoms with Crippen LogP contribution in [0.25, 0.3) is 0 Å². The number of rotatable bonds is 23. The lowest BCUT2D eigenvalue weighted by Gasteiger charge is -2.52. The molecule has 52 atom stereocenters. The van der Waals surface area contributed by atoms with Crippen LogP contribution in [-0.4, -0.2) is 411 Å². The van der Waals surface area contributed by atoms with Gasteiger partial charge >= 0.3 is 23.6 Å². The minimum absolute atomic E-state index is 0.00719. The van der Waals surface area contributed by atoms with Crippen molar-refractivity contribution in [3.63, 3.8) is 0 Å². The van der Waals surface area contributed by atoms with Crippen LogP contribution >= 0.6 is 34.8 Å². The SMILES string of the molecule is C[C@@H]([C@@H](O)[C@@H](C)[C@H]1OC(=O)C=CC[C@H](O)C[C@H](O)C[C@@H](O)CC[C@H](C)[C@H](O[C@@H]2O[C@H](C)[C@@H](O[C@@H]3O[C@H](C)[C@@H](O)[C@H](O[C@@H]4C[C@@H](O)[C@H](O)[C@@H](C)O4)[C@H]3O)[C@H](O[C@H]3C[C@@H](O)[C@H](N)[C@@H](C)O3)[C@@H]2O[C@@H]2O[C@H](C)[C@@H](O)[C@H](O)[C@H]2O)C[C@]2(O)O[C@@H](C[C@H](O)[C@H]2O)[C@@H](C)[C@H](O)C[C@H](O)[C@H](C)[C@@H](O)CCC[C@@H](O)[C@@H]2O[C@@H]2[C@H]1C)[C@@H](O)[C@H](C)[C@@H](C)O[C@H]1C[C@@H](OC(=O)c2cc[n+]([O-])c(C(=O)O)c2N)[C@@H](NC(=O)c2c(Cl)c(Cl)c(Cl)n2C)[C@@H](C)O1. The van der Waals surface area contributed by atoms with Crippen LogP contribution in [0.2, 0.25) is 15.2 Å². The van der Waals surface area contributed by atoms with Gasteiger partial charge in [0.2, 0.25) is 0 Å². The van der Waals surface area contributed by atoms with Crippen molar-refractivity contribution in [3.05, 3.63) is 61.8 Å². The number of epoxide rings is 1. The highest BCUT2D eigenvalue weighted by atomic mass is 35.5. The highest BCUT2D eigenvalue weighted by Crippen LogP contribution is 2.47. The van der Waals surface area contributed by atoms with Crippen LogP contribution in [0.4, 0.5) is 5.69 Å². The Kier molecular flexibility index (Phi) is 43.3. The molecule has 146 heavy (non-hydrogen) atoms. The number of anilines is 1. The number of amides is 1. The lowest BCUT2D eigenvalue weighted by molar-refractivity contribution is -0.607. The van der Waals surface area contributed by atoms with Gasteiger partial charge in [0, 0.05) is 86.8 Å². The van der Waals surface area contributed by atoms with Crippen LogP contribution in [0.1, 0.15) is 218 Å². The quantitative estimate of drug-likeness (QED) is 0.0259. The highest BCUT2D eigenvalue weighted by Gasteiger charge is 2.60. The molecule has 50 heteroatoms. The fourth-order valence-corrected chi connectivity index (χ4v) is 21.6. The lowest BCUT2D eigenvalue weighted by atomic mass is 9.77. The number of carbonyl (C=O) groups is 4. The predicted molar refractivity (Wildman–Crippen MR) is 507 cm³/mol. The van der Waals surface area contributed by atoms with E-state index in [1.54, 1.807) is 41.5 Å². The van der Waals surface area contributed by atoms with E-state index in [2.05, 4.69) is 5.32 Å². The third-order valence-electron chi connectivity index (χ3n) is 30.9. The number of fused-ring (bicyclic) bond motifs is 3. The number of aliphatic hydroxyl groups excluding tert-OH is 19. The normalized spacial score (nSPS) is 44.1. The molecular weight excluding hydrogens is 2000 g/mol. The summed E-state index contributed by atoms with van der Waals surface area (Å²) in [6.07, 6.45) is -62.4. The van der Waals surface area contributed by atoms with Crippen molar-refractivity contribution in [1.29, 1.82) is 0 Å². The number of carboxylic acid groups (broad SMARTS) is 1. The van der Waals surface area contributed by atoms with Gasteiger partial charge in [-0.05, 0) is 112 Å². The van der Waals surface area contributed by atoms with Crippen LogP contribution in [0.5, 0.6) is 0 Å². The third-order valence-corrected chi connectivity index (χ3v) is 32.3. The topological polar surface area (TPSA) is 740 Å². The van der Waals surface area contributed by atoms with Crippen molar-refractivity contribution in [1.82, 2.24) is 9.88 Å². The molecule has 2 aromatic rings. The zero-order valence-corrected chi connectivity index (χ0v) is 86.6. The number of ether oxygens (including phenoxy) is 16. The lowest BCUT2D eigenvalue weighted by Crippen LogP contribution is -2.67. The Bertz CT molecular complexity index is 4520. The molecule has 0 radical (unpaired) electrons. The standard InChI is InChI=1S/C96H154Cl3N5O42/c1-34-22-23-49(106)27-50(107)26-48(105)18-16-21-62(115)140-81(39(6)74(117)38(5)73(116)35(2)41(8)131-65-32-60(138-92(128)51-24-25-104(130)72(69(51)101)91(126)127)70(43(10)133-65)102-90(125)71-66(97)67(98)89(99)103(71)15)40(7)82-84(143-82)53(109)20-17-19-52(108)36(3)54(110)28-55(111)37(4)59-29-58(114)88(124)96(129,146-59)33-61(34)139-95-87(145-93-79(122)78(121)76(119)45(12)135-93)86(142-63-30-56(112)68(100)42(9)132-63)83(47(14)137-95)144-94-80(123)85(77(120)46(13)136-94)141-64-31-57(113)75(118)44(11)134-64/h16,21,24-25,34-50,52-61,63-65,68,70,73-88,93-95,105-114,116-124,129H,17-20,22-23,26-33,100-101H2,1-15H3,(H,102,125)(H,126,127)/t34-,35+,36+,37-,38+,39+,40-,41+,42+,43+,44+,45+,46+,47+,48-,49-,50-,52-,53+,54-,55+,56+,57+,58-,59-,60+,61+,63-,64+,65+,68+,70-,73-,74+,75+,76+,77+,78-,79+,80+,81+,82+,83+,84-,85-,86-,87-,88+,93-,94-,95-,96-/m0/s1. The summed E-state index contributed by atoms with van der Waals surface area (Å²) in [6, 6.07) is -1.23. The Morgan fingerprint density at radius 1 is 0.548 bits per heavy atom. The van der Waals surface area contributed by atoms with Crippen molar-refractivity contribution in [3.8, 4) is 0 Å². The number of nitrogen functional groups attached to an aromatic ring is 1. The summed E-state index contributed by atoms with van der Waals surface area (Å²) in [6.45, 7) is 21.4. The molecule has 47 nitrogen and oxygen atoms in total. The van der Waals surface area contributed by atoms with Gasteiger partial charge in [0.05, 0.1) is 162 Å². The number of cyclic esters (lactones) is 1. The van der Waals surface area contributed by atoms with Crippen molar-refractivity contribution in [2.75, 3.05) is 5.73 Å². The minimum atomic E-state index is -2.87. The van der Waals surface area contributed by atoms with Gasteiger partial charge in [-0.25, -0.2) is 14.4 Å². The summed E-state index contributed by atoms with van der Waals surface area (Å²) in [5.41, 5.74) is 10.0. The van der Waals surface area contributed by atoms with Crippen LogP contribution in [-0.2, 0) is 87.6 Å². The summed E-state index contributed by atoms with van der Waals surface area (Å²) in [7, 11) is 1.42. The van der Waals surface area contributed by atoms with Crippen LogP contribution in [0, 0.1) is 46.6 Å². The third kappa shape index (κ3) is 28.9. The van der Waals surface area contributed by atoms with E-state index in [0.717, 1.165) is 18.3 Å². The van der Waals surface area contributed by atoms with E-state index in [0.29, 0.717) is 0 Å². The summed E-state index contributed by atoms with van der Waals surface area (Å²) in [5.74, 6) is -14.6. The molecule has 836 valence electrons. The number of halogens is 3. The van der Waals surface area contributed by atoms with E-state index in [9.17, 15) is 132 Å². The molecule has 2 aromatic heterocycles. The molecular formula is C96H154Cl3N5O42. The van der Waals surface area contributed by atoms with Gasteiger partial charge in [0.15, 0.2) is 49.7 Å². The predicted octanol–water partition coefficient (Wildman–Crippen LogP) is -1.54. The number of nitrogens with zero attached hydrogens (tertiary/aromatic N) is 2. The average molecular weight is 2160 g/mol. The van der Waals surface area contributed by atoms with E-state index >= 15 is 0 Å². The molecule has 2 bridgehead atoms. The van der Waals surface area contributed by atoms with E-state index in [1.807, 2.05) is 0 Å². The van der Waals surface area contributed by atoms with Crippen LogP contribution < -0.4 is 21.5 Å². The Morgan fingerprint density at radius 3 is 1.77 bits per heavy atom. The van der Waals surface area contributed by atoms with Gasteiger partial charge in [0.25, 0.3) is 5.91 Å². The van der Waals surface area contributed by atoms with Gasteiger partial charge < -0.3 is 210 Å². The summed E-state index contributed by atoms with van der Waals surface area (Å²) >= 11 is 19.1. The maximum Gasteiger partial charge on any atom is 0.404 e. The number of carbonyl (C=O) groups excluding carboxylic acids is 3. The average Bonchev–Trinajstić information content (AvgIpc) is 1.07. The summed E-state index contributed by atoms with van der Waals surface area (Å²) in [4.78, 5) is 54.4. The second-order valence-electron chi connectivity index (χ2n) is 41.7. The van der Waals surface area contributed by atoms with E-state index in [4.69, 9.17) is 122 Å². The molecule has 0 unspecified atom stereocenters. The largest absolute Gasteiger partial charge is 0.618 e. The Labute approximate surface area is 860 Å². The van der Waals surface area contributed by atoms with Gasteiger partial charge in [-0.1, -0.05) is 89.3 Å². The highest BCUT2D eigenvalue weighted by molar-refractivity contribution is 6.49. The smallest absolute Gasteiger partial charge is 0.404 e. The molecule has 0 aliphatic carbocycles. The fourth-order valence-electron chi connectivity index (χ4n) is 20.9. The van der Waals surface area contributed by atoms with Crippen molar-refractivity contribution in [2.24, 2.45) is 54.2 Å². The number of nitrogens with two attached hydrogens (primary N) is 2. The number of aromatic nitrogens is 2. The second-order valence-corrected chi connectivity index (χ2v) is 42.8. The number of pyridine rings is 1. The molecule has 0 saturated carbocycles. The molecule has 0 spiro atoms. The van der Waals surface area contributed by atoms with E-state index in [1.165, 1.54) is 73.1 Å². The molecule has 8 fully saturated rings. The van der Waals surface area contributed by atoms with Gasteiger partial charge in [-0.2, -0.15) is 4.73 Å². The number of carboxylic acids is 1. The maximum atomic E-state index is 14.3. The van der Waals surface area contributed by atoms with Crippen LogP contribution in [0.3, 0.4) is 0 Å². The molecule has 0 aromatic carbocycles. The summed E-state index contributed by atoms with van der Waals surface area (Å²) in [5, 5.41) is 259. The number of hydrogen-bond donors (Lipinski definition) is 24. The number of hydrogen-bond acceptors (Lipinski definition) is 43. The zero-order chi connectivity index (χ0) is 108. The van der Waals surface area contributed by atoms with E-state index in [-0.39, 0.29) is 89.8 Å². The number of nitrogens with one attached hydrogen (secondary N) is 1. The van der Waals surface area contributed by atoms with Gasteiger partial charge in [0.1, 0.15) is 102 Å².